The number of amides is 1. The Hall–Kier alpha value is -3.71. The number of aromatic nitrogens is 2. The first-order valence-electron chi connectivity index (χ1n) is 8.31. The molecular weight excluding hydrogens is 380 g/mol. The van der Waals surface area contributed by atoms with Gasteiger partial charge in [0.2, 0.25) is 0 Å². The van der Waals surface area contributed by atoms with Crippen molar-refractivity contribution in [3.8, 4) is 11.3 Å². The zero-order valence-corrected chi connectivity index (χ0v) is 15.1. The summed E-state index contributed by atoms with van der Waals surface area (Å²) in [5.74, 6) is -0.519. The van der Waals surface area contributed by atoms with Gasteiger partial charge < -0.3 is 9.72 Å². The van der Waals surface area contributed by atoms with E-state index in [0.29, 0.717) is 5.69 Å². The molecule has 1 N–H and O–H groups in total. The number of carbonyl (C=O) groups excluding carboxylic acids is 1. The van der Waals surface area contributed by atoms with Crippen molar-refractivity contribution in [1.82, 2.24) is 9.38 Å². The molecular formula is C20H13ClN4O3. The van der Waals surface area contributed by atoms with Crippen LogP contribution in [0.1, 0.15) is 10.4 Å². The van der Waals surface area contributed by atoms with Crippen molar-refractivity contribution in [2.75, 3.05) is 5.32 Å². The molecule has 28 heavy (non-hydrogen) atoms. The third-order valence-corrected chi connectivity index (χ3v) is 4.54. The van der Waals surface area contributed by atoms with Gasteiger partial charge in [-0.15, -0.1) is 0 Å². The lowest BCUT2D eigenvalue weighted by Gasteiger charge is -2.07. The molecule has 0 saturated heterocycles. The number of hydrogen-bond acceptors (Lipinski definition) is 4. The summed E-state index contributed by atoms with van der Waals surface area (Å²) in [5.41, 5.74) is 2.94. The number of nitro benzene ring substituents is 1. The van der Waals surface area contributed by atoms with Gasteiger partial charge in [-0.25, -0.2) is 4.98 Å². The third-order valence-electron chi connectivity index (χ3n) is 4.21. The molecule has 7 nitrogen and oxygen atoms in total. The van der Waals surface area contributed by atoms with E-state index in [1.807, 2.05) is 47.1 Å². The molecule has 138 valence electrons. The summed E-state index contributed by atoms with van der Waals surface area (Å²) in [4.78, 5) is 27.3. The number of imidazole rings is 1. The monoisotopic (exact) mass is 392 g/mol. The molecule has 2 heterocycles. The molecule has 4 rings (SSSR count). The van der Waals surface area contributed by atoms with E-state index in [1.165, 1.54) is 12.1 Å². The molecule has 1 amide bonds. The summed E-state index contributed by atoms with van der Waals surface area (Å²) in [6.07, 6.45) is 3.84. The Bertz CT molecular complexity index is 1170. The maximum atomic E-state index is 12.4. The topological polar surface area (TPSA) is 89.5 Å². The molecule has 0 aliphatic carbocycles. The van der Waals surface area contributed by atoms with Gasteiger partial charge in [0.15, 0.2) is 0 Å². The van der Waals surface area contributed by atoms with Gasteiger partial charge in [0.25, 0.3) is 11.6 Å². The van der Waals surface area contributed by atoms with Crippen LogP contribution in [0.5, 0.6) is 0 Å². The van der Waals surface area contributed by atoms with E-state index in [0.717, 1.165) is 23.0 Å². The van der Waals surface area contributed by atoms with Gasteiger partial charge in [0, 0.05) is 35.8 Å². The second-order valence-electron chi connectivity index (χ2n) is 6.04. The third kappa shape index (κ3) is 3.43. The highest BCUT2D eigenvalue weighted by molar-refractivity contribution is 6.34. The van der Waals surface area contributed by atoms with Gasteiger partial charge >= 0.3 is 0 Å². The molecule has 0 saturated carbocycles. The Morgan fingerprint density at radius 3 is 2.61 bits per heavy atom. The summed E-state index contributed by atoms with van der Waals surface area (Å²) in [6.45, 7) is 0. The summed E-state index contributed by atoms with van der Waals surface area (Å²) in [7, 11) is 0. The van der Waals surface area contributed by atoms with Crippen LogP contribution in [0.2, 0.25) is 5.02 Å². The second kappa shape index (κ2) is 7.13. The van der Waals surface area contributed by atoms with E-state index < -0.39 is 10.8 Å². The predicted octanol–water partition coefficient (Wildman–Crippen LogP) is 4.82. The number of nitrogens with one attached hydrogen (secondary N) is 1. The number of non-ortho nitro benzene ring substituents is 1. The number of anilines is 1. The van der Waals surface area contributed by atoms with Crippen molar-refractivity contribution >= 4 is 34.5 Å². The molecule has 2 aromatic carbocycles. The summed E-state index contributed by atoms with van der Waals surface area (Å²) in [6, 6.07) is 16.7. The standard InChI is InChI=1S/C20H13ClN4O3/c21-17-9-8-15(25(27)28)11-16(17)20(26)22-14-6-4-13(5-7-14)18-12-24-10-2-1-3-19(24)23-18/h1-12H,(H,22,26). The Kier molecular flexibility index (Phi) is 4.50. The number of benzene rings is 2. The van der Waals surface area contributed by atoms with E-state index in [1.54, 1.807) is 12.1 Å². The first-order valence-corrected chi connectivity index (χ1v) is 8.68. The van der Waals surface area contributed by atoms with Crippen LogP contribution in [0.4, 0.5) is 11.4 Å². The first-order chi connectivity index (χ1) is 13.5. The Morgan fingerprint density at radius 1 is 1.11 bits per heavy atom. The second-order valence-corrected chi connectivity index (χ2v) is 6.45. The highest BCUT2D eigenvalue weighted by Crippen LogP contribution is 2.25. The summed E-state index contributed by atoms with van der Waals surface area (Å²) in [5, 5.41) is 13.7. The predicted molar refractivity (Wildman–Crippen MR) is 107 cm³/mol. The van der Waals surface area contributed by atoms with Crippen LogP contribution in [-0.2, 0) is 0 Å². The molecule has 0 spiro atoms. The van der Waals surface area contributed by atoms with Crippen LogP contribution in [0, 0.1) is 10.1 Å². The first kappa shape index (κ1) is 17.7. The van der Waals surface area contributed by atoms with E-state index in [2.05, 4.69) is 10.3 Å². The van der Waals surface area contributed by atoms with Gasteiger partial charge in [-0.2, -0.15) is 0 Å². The lowest BCUT2D eigenvalue weighted by atomic mass is 10.1. The maximum Gasteiger partial charge on any atom is 0.270 e. The SMILES string of the molecule is O=C(Nc1ccc(-c2cn3ccccc3n2)cc1)c1cc([N+](=O)[O-])ccc1Cl. The minimum Gasteiger partial charge on any atom is -0.322 e. The summed E-state index contributed by atoms with van der Waals surface area (Å²) >= 11 is 6.01. The lowest BCUT2D eigenvalue weighted by molar-refractivity contribution is -0.384. The Morgan fingerprint density at radius 2 is 1.89 bits per heavy atom. The van der Waals surface area contributed by atoms with Gasteiger partial charge in [-0.3, -0.25) is 14.9 Å². The fourth-order valence-electron chi connectivity index (χ4n) is 2.80. The van der Waals surface area contributed by atoms with Crippen molar-refractivity contribution in [2.45, 2.75) is 0 Å². The zero-order valence-electron chi connectivity index (χ0n) is 14.4. The minimum absolute atomic E-state index is 0.0419. The summed E-state index contributed by atoms with van der Waals surface area (Å²) < 4.78 is 1.93. The zero-order chi connectivity index (χ0) is 19.7. The number of nitro groups is 1. The lowest BCUT2D eigenvalue weighted by Crippen LogP contribution is -2.12. The van der Waals surface area contributed by atoms with Gasteiger partial charge in [0.1, 0.15) is 5.65 Å². The number of carbonyl (C=O) groups is 1. The van der Waals surface area contributed by atoms with Gasteiger partial charge in [-0.05, 0) is 30.3 Å². The number of fused-ring (bicyclic) bond motifs is 1. The van der Waals surface area contributed by atoms with Crippen molar-refractivity contribution < 1.29 is 9.72 Å². The number of nitrogens with zero attached hydrogens (tertiary/aromatic N) is 3. The van der Waals surface area contributed by atoms with Crippen LogP contribution in [0.25, 0.3) is 16.9 Å². The Balaban J connectivity index is 1.55. The molecule has 0 bridgehead atoms. The molecule has 2 aromatic heterocycles. The van der Waals surface area contributed by atoms with Crippen molar-refractivity contribution in [1.29, 1.82) is 0 Å². The Labute approximate surface area is 164 Å². The smallest absolute Gasteiger partial charge is 0.270 e. The normalized spacial score (nSPS) is 10.8. The molecule has 0 unspecified atom stereocenters. The molecule has 0 aliphatic heterocycles. The molecule has 0 aliphatic rings. The molecule has 0 fully saturated rings. The van der Waals surface area contributed by atoms with Crippen LogP contribution in [-0.4, -0.2) is 20.2 Å². The number of pyridine rings is 1. The number of hydrogen-bond donors (Lipinski definition) is 1. The van der Waals surface area contributed by atoms with Crippen molar-refractivity contribution in [3.63, 3.8) is 0 Å². The van der Waals surface area contributed by atoms with E-state index in [9.17, 15) is 14.9 Å². The average molecular weight is 393 g/mol. The van der Waals surface area contributed by atoms with E-state index >= 15 is 0 Å². The average Bonchev–Trinajstić information content (AvgIpc) is 3.13. The van der Waals surface area contributed by atoms with Crippen LogP contribution in [0.15, 0.2) is 73.1 Å². The molecule has 0 radical (unpaired) electrons. The van der Waals surface area contributed by atoms with Crippen LogP contribution < -0.4 is 5.32 Å². The molecule has 8 heteroatoms. The molecule has 0 atom stereocenters. The fourth-order valence-corrected chi connectivity index (χ4v) is 3.00. The van der Waals surface area contributed by atoms with Crippen LogP contribution in [0.3, 0.4) is 0 Å². The van der Waals surface area contributed by atoms with E-state index in [-0.39, 0.29) is 16.3 Å². The van der Waals surface area contributed by atoms with Gasteiger partial charge in [-0.1, -0.05) is 29.8 Å². The van der Waals surface area contributed by atoms with Crippen molar-refractivity contribution in [2.24, 2.45) is 0 Å². The quantitative estimate of drug-likeness (QED) is 0.398. The van der Waals surface area contributed by atoms with Crippen LogP contribution >= 0.6 is 11.6 Å². The highest BCUT2D eigenvalue weighted by Gasteiger charge is 2.16. The maximum absolute atomic E-state index is 12.4. The fraction of sp³-hybridized carbons (Fsp3) is 0. The number of halogens is 1. The van der Waals surface area contributed by atoms with E-state index in [4.69, 9.17) is 11.6 Å². The van der Waals surface area contributed by atoms with Crippen molar-refractivity contribution in [3.05, 3.63) is 93.8 Å². The highest BCUT2D eigenvalue weighted by atomic mass is 35.5. The largest absolute Gasteiger partial charge is 0.322 e. The number of rotatable bonds is 4. The van der Waals surface area contributed by atoms with Gasteiger partial charge in [0.05, 0.1) is 21.2 Å². The minimum atomic E-state index is -0.573. The molecule has 4 aromatic rings.